The van der Waals surface area contributed by atoms with Gasteiger partial charge in [-0.15, -0.1) is 10.2 Å². The molecule has 0 spiro atoms. The van der Waals surface area contributed by atoms with Gasteiger partial charge >= 0.3 is 0 Å². The van der Waals surface area contributed by atoms with Gasteiger partial charge in [-0.1, -0.05) is 61.7 Å². The summed E-state index contributed by atoms with van der Waals surface area (Å²) < 4.78 is 1.88. The molecule has 1 aliphatic carbocycles. The van der Waals surface area contributed by atoms with Crippen molar-refractivity contribution in [2.45, 2.75) is 44.3 Å². The standard InChI is InChI=1S/C23H25Cl2N5OS/c1-14-5-3-7-20(15(14)2)27-21(31)13-32-23-29-28-22(16-6-4-10-26-12-16)30(23)17-8-9-18(24)19(25)11-17/h4,6,8-12,14-15,20H,3,5,7,13H2,1-2H3,(H,27,31). The van der Waals surface area contributed by atoms with E-state index in [1.54, 1.807) is 24.5 Å². The van der Waals surface area contributed by atoms with Gasteiger partial charge in [0.15, 0.2) is 11.0 Å². The van der Waals surface area contributed by atoms with Crippen molar-refractivity contribution in [3.05, 3.63) is 52.8 Å². The smallest absolute Gasteiger partial charge is 0.230 e. The normalized spacial score (nSPS) is 20.8. The van der Waals surface area contributed by atoms with Crippen LogP contribution in [0.4, 0.5) is 0 Å². The summed E-state index contributed by atoms with van der Waals surface area (Å²) in [4.78, 5) is 16.9. The Hall–Kier alpha value is -2.09. The minimum atomic E-state index is 0.00701. The van der Waals surface area contributed by atoms with Crippen LogP contribution in [-0.4, -0.2) is 37.5 Å². The number of nitrogens with one attached hydrogen (secondary N) is 1. The molecule has 1 amide bonds. The van der Waals surface area contributed by atoms with E-state index in [-0.39, 0.29) is 17.7 Å². The van der Waals surface area contributed by atoms with Gasteiger partial charge in [0.05, 0.1) is 21.5 Å². The molecule has 3 unspecified atom stereocenters. The highest BCUT2D eigenvalue weighted by atomic mass is 35.5. The Bertz CT molecular complexity index is 1090. The zero-order chi connectivity index (χ0) is 22.7. The molecule has 0 aliphatic heterocycles. The molecule has 2 aromatic heterocycles. The number of halogens is 2. The first-order chi connectivity index (χ1) is 15.4. The summed E-state index contributed by atoms with van der Waals surface area (Å²) in [7, 11) is 0. The van der Waals surface area contributed by atoms with E-state index in [4.69, 9.17) is 23.2 Å². The minimum absolute atomic E-state index is 0.00701. The Morgan fingerprint density at radius 1 is 1.19 bits per heavy atom. The van der Waals surface area contributed by atoms with E-state index in [0.29, 0.717) is 32.9 Å². The van der Waals surface area contributed by atoms with Crippen molar-refractivity contribution >= 4 is 40.9 Å². The van der Waals surface area contributed by atoms with Gasteiger partial charge in [0.1, 0.15) is 0 Å². The number of nitrogens with zero attached hydrogens (tertiary/aromatic N) is 4. The lowest BCUT2D eigenvalue weighted by atomic mass is 9.78. The molecule has 3 aromatic rings. The largest absolute Gasteiger partial charge is 0.352 e. The van der Waals surface area contributed by atoms with Gasteiger partial charge < -0.3 is 5.32 Å². The van der Waals surface area contributed by atoms with E-state index in [9.17, 15) is 4.79 Å². The molecular formula is C23H25Cl2N5OS. The van der Waals surface area contributed by atoms with Gasteiger partial charge in [0.2, 0.25) is 5.91 Å². The van der Waals surface area contributed by atoms with Crippen molar-refractivity contribution in [2.24, 2.45) is 11.8 Å². The third-order valence-electron chi connectivity index (χ3n) is 6.10. The van der Waals surface area contributed by atoms with Gasteiger partial charge in [0.25, 0.3) is 0 Å². The average molecular weight is 490 g/mol. The molecule has 9 heteroatoms. The van der Waals surface area contributed by atoms with E-state index < -0.39 is 0 Å². The summed E-state index contributed by atoms with van der Waals surface area (Å²) in [5.41, 5.74) is 1.58. The minimum Gasteiger partial charge on any atom is -0.352 e. The summed E-state index contributed by atoms with van der Waals surface area (Å²) in [6, 6.07) is 9.34. The fourth-order valence-corrected chi connectivity index (χ4v) is 5.12. The Morgan fingerprint density at radius 2 is 2.03 bits per heavy atom. The molecule has 1 N–H and O–H groups in total. The number of aromatic nitrogens is 4. The second-order valence-electron chi connectivity index (χ2n) is 8.21. The number of carbonyl (C=O) groups is 1. The highest BCUT2D eigenvalue weighted by Crippen LogP contribution is 2.32. The van der Waals surface area contributed by atoms with Gasteiger partial charge in [-0.05, 0) is 48.6 Å². The molecular weight excluding hydrogens is 465 g/mol. The zero-order valence-corrected chi connectivity index (χ0v) is 20.3. The van der Waals surface area contributed by atoms with Crippen LogP contribution in [0.1, 0.15) is 33.1 Å². The summed E-state index contributed by atoms with van der Waals surface area (Å²) in [5, 5.41) is 13.5. The van der Waals surface area contributed by atoms with E-state index in [2.05, 4.69) is 34.3 Å². The first kappa shape index (κ1) is 23.1. The Morgan fingerprint density at radius 3 is 2.78 bits per heavy atom. The first-order valence-electron chi connectivity index (χ1n) is 10.7. The second-order valence-corrected chi connectivity index (χ2v) is 9.97. The van der Waals surface area contributed by atoms with Crippen molar-refractivity contribution in [3.63, 3.8) is 0 Å². The van der Waals surface area contributed by atoms with Gasteiger partial charge in [-0.2, -0.15) is 0 Å². The maximum absolute atomic E-state index is 12.7. The predicted octanol–water partition coefficient (Wildman–Crippen LogP) is 5.67. The molecule has 6 nitrogen and oxygen atoms in total. The second kappa shape index (κ2) is 10.2. The summed E-state index contributed by atoms with van der Waals surface area (Å²) >= 11 is 13.7. The van der Waals surface area contributed by atoms with Gasteiger partial charge in [-0.3, -0.25) is 14.3 Å². The van der Waals surface area contributed by atoms with Crippen molar-refractivity contribution in [2.75, 3.05) is 5.75 Å². The van der Waals surface area contributed by atoms with Crippen LogP contribution in [0.3, 0.4) is 0 Å². The number of hydrogen-bond donors (Lipinski definition) is 1. The number of pyridine rings is 1. The van der Waals surface area contributed by atoms with Gasteiger partial charge in [-0.25, -0.2) is 0 Å². The van der Waals surface area contributed by atoms with Crippen molar-refractivity contribution in [1.29, 1.82) is 0 Å². The number of rotatable bonds is 6. The number of amides is 1. The third kappa shape index (κ3) is 5.11. The topological polar surface area (TPSA) is 72.7 Å². The number of thioether (sulfide) groups is 1. The van der Waals surface area contributed by atoms with Crippen LogP contribution in [0.2, 0.25) is 10.0 Å². The SMILES string of the molecule is CC1CCCC(NC(=O)CSc2nnc(-c3cccnc3)n2-c2ccc(Cl)c(Cl)c2)C1C. The summed E-state index contributed by atoms with van der Waals surface area (Å²) in [5.74, 6) is 1.99. The molecule has 0 radical (unpaired) electrons. The molecule has 1 saturated carbocycles. The lowest BCUT2D eigenvalue weighted by Gasteiger charge is -2.34. The molecule has 3 atom stereocenters. The van der Waals surface area contributed by atoms with Crippen LogP contribution in [0.15, 0.2) is 47.9 Å². The van der Waals surface area contributed by atoms with Crippen molar-refractivity contribution in [1.82, 2.24) is 25.1 Å². The predicted molar refractivity (Wildman–Crippen MR) is 129 cm³/mol. The molecule has 1 fully saturated rings. The van der Waals surface area contributed by atoms with Crippen LogP contribution in [-0.2, 0) is 4.79 Å². The van der Waals surface area contributed by atoms with E-state index in [1.807, 2.05) is 22.8 Å². The molecule has 168 valence electrons. The van der Waals surface area contributed by atoms with E-state index >= 15 is 0 Å². The molecule has 1 aliphatic rings. The van der Waals surface area contributed by atoms with Gasteiger partial charge in [0, 0.05) is 24.0 Å². The highest BCUT2D eigenvalue weighted by molar-refractivity contribution is 7.99. The lowest BCUT2D eigenvalue weighted by Crippen LogP contribution is -2.44. The maximum Gasteiger partial charge on any atom is 0.230 e. The van der Waals surface area contributed by atoms with Crippen LogP contribution in [0.5, 0.6) is 0 Å². The first-order valence-corrected chi connectivity index (χ1v) is 12.4. The van der Waals surface area contributed by atoms with Crippen LogP contribution >= 0.6 is 35.0 Å². The third-order valence-corrected chi connectivity index (χ3v) is 7.77. The average Bonchev–Trinajstić information content (AvgIpc) is 3.22. The molecule has 1 aromatic carbocycles. The van der Waals surface area contributed by atoms with Crippen molar-refractivity contribution in [3.8, 4) is 17.1 Å². The monoisotopic (exact) mass is 489 g/mol. The zero-order valence-electron chi connectivity index (χ0n) is 18.0. The maximum atomic E-state index is 12.7. The number of hydrogen-bond acceptors (Lipinski definition) is 5. The molecule has 4 rings (SSSR count). The van der Waals surface area contributed by atoms with E-state index in [1.165, 1.54) is 18.2 Å². The number of carbonyl (C=O) groups excluding carboxylic acids is 1. The molecule has 0 saturated heterocycles. The quantitative estimate of drug-likeness (QED) is 0.451. The Balaban J connectivity index is 1.56. The summed E-state index contributed by atoms with van der Waals surface area (Å²) in [6.07, 6.45) is 6.85. The molecule has 0 bridgehead atoms. The fourth-order valence-electron chi connectivity index (χ4n) is 4.07. The number of benzene rings is 1. The fraction of sp³-hybridized carbons (Fsp3) is 0.391. The highest BCUT2D eigenvalue weighted by Gasteiger charge is 2.28. The molecule has 32 heavy (non-hydrogen) atoms. The van der Waals surface area contributed by atoms with Crippen LogP contribution in [0, 0.1) is 11.8 Å². The van der Waals surface area contributed by atoms with Crippen LogP contribution in [0.25, 0.3) is 17.1 Å². The Kier molecular flexibility index (Phi) is 7.38. The van der Waals surface area contributed by atoms with Crippen LogP contribution < -0.4 is 5.32 Å². The Labute approximate surface area is 202 Å². The summed E-state index contributed by atoms with van der Waals surface area (Å²) in [6.45, 7) is 4.49. The lowest BCUT2D eigenvalue weighted by molar-refractivity contribution is -0.120. The van der Waals surface area contributed by atoms with E-state index in [0.717, 1.165) is 24.1 Å². The van der Waals surface area contributed by atoms with Crippen molar-refractivity contribution < 1.29 is 4.79 Å². The molecule has 2 heterocycles.